The van der Waals surface area contributed by atoms with Crippen LogP contribution in [0.15, 0.2) is 48.7 Å². The van der Waals surface area contributed by atoms with Crippen molar-refractivity contribution < 1.29 is 4.74 Å². The van der Waals surface area contributed by atoms with Crippen LogP contribution in [0.5, 0.6) is 5.75 Å². The van der Waals surface area contributed by atoms with E-state index in [-0.39, 0.29) is 5.38 Å². The molecule has 0 saturated carbocycles. The van der Waals surface area contributed by atoms with Gasteiger partial charge in [-0.2, -0.15) is 0 Å². The molecule has 106 valence electrons. The van der Waals surface area contributed by atoms with E-state index in [1.54, 1.807) is 6.20 Å². The van der Waals surface area contributed by atoms with Crippen molar-refractivity contribution in [1.29, 1.82) is 0 Å². The minimum atomic E-state index is -0.0606. The van der Waals surface area contributed by atoms with E-state index in [4.69, 9.17) is 16.3 Å². The van der Waals surface area contributed by atoms with E-state index in [0.717, 1.165) is 42.9 Å². The quantitative estimate of drug-likeness (QED) is 0.540. The first-order valence-electron chi connectivity index (χ1n) is 7.06. The van der Waals surface area contributed by atoms with Crippen molar-refractivity contribution >= 4 is 11.6 Å². The molecule has 2 nitrogen and oxygen atoms in total. The Bertz CT molecular complexity index is 498. The first-order valence-corrected chi connectivity index (χ1v) is 7.50. The zero-order valence-electron chi connectivity index (χ0n) is 11.8. The second kappa shape index (κ2) is 7.91. The van der Waals surface area contributed by atoms with Crippen LogP contribution in [0.1, 0.15) is 36.4 Å². The summed E-state index contributed by atoms with van der Waals surface area (Å²) in [6, 6.07) is 13.9. The highest BCUT2D eigenvalue weighted by molar-refractivity contribution is 6.20. The van der Waals surface area contributed by atoms with Gasteiger partial charge in [0.05, 0.1) is 12.0 Å². The van der Waals surface area contributed by atoms with Crippen LogP contribution in [0.4, 0.5) is 0 Å². The monoisotopic (exact) mass is 289 g/mol. The third-order valence-corrected chi connectivity index (χ3v) is 3.53. The molecule has 0 saturated heterocycles. The largest absolute Gasteiger partial charge is 0.494 e. The normalized spacial score (nSPS) is 12.1. The summed E-state index contributed by atoms with van der Waals surface area (Å²) in [5.74, 6) is 0.906. The molecular weight excluding hydrogens is 270 g/mol. The van der Waals surface area contributed by atoms with Gasteiger partial charge in [-0.25, -0.2) is 0 Å². The molecule has 0 aliphatic heterocycles. The Morgan fingerprint density at radius 3 is 2.60 bits per heavy atom. The fourth-order valence-corrected chi connectivity index (χ4v) is 2.23. The summed E-state index contributed by atoms with van der Waals surface area (Å²) in [6.45, 7) is 2.93. The number of hydrogen-bond donors (Lipinski definition) is 0. The van der Waals surface area contributed by atoms with Crippen LogP contribution in [0, 0.1) is 0 Å². The lowest BCUT2D eigenvalue weighted by Gasteiger charge is -2.11. The van der Waals surface area contributed by atoms with Crippen LogP contribution in [0.25, 0.3) is 0 Å². The number of benzene rings is 1. The van der Waals surface area contributed by atoms with Gasteiger partial charge in [-0.05, 0) is 36.2 Å². The summed E-state index contributed by atoms with van der Waals surface area (Å²) in [7, 11) is 0. The van der Waals surface area contributed by atoms with Crippen molar-refractivity contribution in [2.75, 3.05) is 6.61 Å². The molecule has 1 atom stereocenters. The molecule has 1 unspecified atom stereocenters. The SMILES string of the molecule is CCCCOc1ccc(C(Cl)Cc2ccccn2)cc1. The maximum atomic E-state index is 6.44. The van der Waals surface area contributed by atoms with Gasteiger partial charge >= 0.3 is 0 Å². The maximum Gasteiger partial charge on any atom is 0.119 e. The molecule has 0 radical (unpaired) electrons. The van der Waals surface area contributed by atoms with Crippen LogP contribution in [0.2, 0.25) is 0 Å². The lowest BCUT2D eigenvalue weighted by molar-refractivity contribution is 0.309. The summed E-state index contributed by atoms with van der Waals surface area (Å²) in [6.07, 6.45) is 4.76. The zero-order valence-corrected chi connectivity index (χ0v) is 12.5. The molecule has 3 heteroatoms. The number of halogens is 1. The lowest BCUT2D eigenvalue weighted by Crippen LogP contribution is -1.99. The maximum absolute atomic E-state index is 6.44. The molecule has 1 aromatic carbocycles. The first kappa shape index (κ1) is 14.9. The average Bonchev–Trinajstić information content (AvgIpc) is 2.49. The fourth-order valence-electron chi connectivity index (χ4n) is 1.93. The van der Waals surface area contributed by atoms with Crippen molar-refractivity contribution in [3.05, 3.63) is 59.9 Å². The van der Waals surface area contributed by atoms with Crippen molar-refractivity contribution in [3.8, 4) is 5.75 Å². The Hall–Kier alpha value is -1.54. The number of hydrogen-bond acceptors (Lipinski definition) is 2. The Morgan fingerprint density at radius 1 is 1.15 bits per heavy atom. The van der Waals surface area contributed by atoms with Gasteiger partial charge in [0.1, 0.15) is 5.75 Å². The van der Waals surface area contributed by atoms with Crippen molar-refractivity contribution in [1.82, 2.24) is 4.98 Å². The van der Waals surface area contributed by atoms with Crippen LogP contribution in [-0.4, -0.2) is 11.6 Å². The number of nitrogens with zero attached hydrogens (tertiary/aromatic N) is 1. The molecule has 0 aliphatic rings. The number of aromatic nitrogens is 1. The summed E-state index contributed by atoms with van der Waals surface area (Å²) in [5.41, 5.74) is 2.11. The highest BCUT2D eigenvalue weighted by Gasteiger charge is 2.09. The smallest absolute Gasteiger partial charge is 0.119 e. The van der Waals surface area contributed by atoms with Crippen LogP contribution >= 0.6 is 11.6 Å². The molecule has 2 rings (SSSR count). The third kappa shape index (κ3) is 4.53. The molecule has 0 N–H and O–H groups in total. The molecular formula is C17H20ClNO. The van der Waals surface area contributed by atoms with Crippen molar-refractivity contribution in [2.45, 2.75) is 31.6 Å². The fraction of sp³-hybridized carbons (Fsp3) is 0.353. The van der Waals surface area contributed by atoms with Gasteiger partial charge in [0.25, 0.3) is 0 Å². The van der Waals surface area contributed by atoms with Crippen LogP contribution in [-0.2, 0) is 6.42 Å². The van der Waals surface area contributed by atoms with E-state index in [0.29, 0.717) is 0 Å². The molecule has 0 bridgehead atoms. The lowest BCUT2D eigenvalue weighted by atomic mass is 10.1. The van der Waals surface area contributed by atoms with E-state index in [9.17, 15) is 0 Å². The molecule has 2 aromatic rings. The number of pyridine rings is 1. The summed E-state index contributed by atoms with van der Waals surface area (Å²) in [4.78, 5) is 4.30. The van der Waals surface area contributed by atoms with E-state index < -0.39 is 0 Å². The number of unbranched alkanes of at least 4 members (excludes halogenated alkanes) is 1. The predicted molar refractivity (Wildman–Crippen MR) is 83.4 cm³/mol. The second-order valence-corrected chi connectivity index (χ2v) is 5.29. The molecule has 0 fully saturated rings. The Morgan fingerprint density at radius 2 is 1.95 bits per heavy atom. The van der Waals surface area contributed by atoms with Gasteiger partial charge in [-0.3, -0.25) is 4.98 Å². The van der Waals surface area contributed by atoms with E-state index in [1.165, 1.54) is 0 Å². The average molecular weight is 290 g/mol. The molecule has 0 amide bonds. The van der Waals surface area contributed by atoms with E-state index >= 15 is 0 Å². The highest BCUT2D eigenvalue weighted by Crippen LogP contribution is 2.26. The predicted octanol–water partition coefficient (Wildman–Crippen LogP) is 4.78. The van der Waals surface area contributed by atoms with Crippen LogP contribution < -0.4 is 4.74 Å². The standard InChI is InChI=1S/C17H20ClNO/c1-2-3-12-20-16-9-7-14(8-10-16)17(18)13-15-6-4-5-11-19-15/h4-11,17H,2-3,12-13H2,1H3. The van der Waals surface area contributed by atoms with Crippen LogP contribution in [0.3, 0.4) is 0 Å². The van der Waals surface area contributed by atoms with Gasteiger partial charge in [0.2, 0.25) is 0 Å². The summed E-state index contributed by atoms with van der Waals surface area (Å²) >= 11 is 6.44. The van der Waals surface area contributed by atoms with Gasteiger partial charge in [-0.15, -0.1) is 11.6 Å². The van der Waals surface area contributed by atoms with Gasteiger partial charge in [0.15, 0.2) is 0 Å². The highest BCUT2D eigenvalue weighted by atomic mass is 35.5. The summed E-state index contributed by atoms with van der Waals surface area (Å²) < 4.78 is 5.64. The van der Waals surface area contributed by atoms with E-state index in [1.807, 2.05) is 42.5 Å². The van der Waals surface area contributed by atoms with Gasteiger partial charge < -0.3 is 4.74 Å². The second-order valence-electron chi connectivity index (χ2n) is 4.76. The van der Waals surface area contributed by atoms with E-state index in [2.05, 4.69) is 11.9 Å². The molecule has 0 aliphatic carbocycles. The van der Waals surface area contributed by atoms with Gasteiger partial charge in [-0.1, -0.05) is 31.5 Å². The molecule has 0 spiro atoms. The topological polar surface area (TPSA) is 22.1 Å². The minimum Gasteiger partial charge on any atom is -0.494 e. The molecule has 1 heterocycles. The minimum absolute atomic E-state index is 0.0606. The van der Waals surface area contributed by atoms with Gasteiger partial charge in [0, 0.05) is 18.3 Å². The van der Waals surface area contributed by atoms with Crippen molar-refractivity contribution in [2.24, 2.45) is 0 Å². The Balaban J connectivity index is 1.92. The zero-order chi connectivity index (χ0) is 14.2. The number of alkyl halides is 1. The summed E-state index contributed by atoms with van der Waals surface area (Å²) in [5, 5.41) is -0.0606. The third-order valence-electron chi connectivity index (χ3n) is 3.12. The number of ether oxygens (including phenoxy) is 1. The first-order chi connectivity index (χ1) is 9.79. The molecule has 20 heavy (non-hydrogen) atoms. The molecule has 1 aromatic heterocycles. The number of rotatable bonds is 7. The Kier molecular flexibility index (Phi) is 5.87. The van der Waals surface area contributed by atoms with Crippen molar-refractivity contribution in [3.63, 3.8) is 0 Å². The Labute approximate surface area is 125 Å².